The Labute approximate surface area is 275 Å². The quantitative estimate of drug-likeness (QED) is 0.303. The Bertz CT molecular complexity index is 2020. The third-order valence-electron chi connectivity index (χ3n) is 9.56. The first-order valence-corrected chi connectivity index (χ1v) is 16.0. The number of nitrogens with zero attached hydrogens (tertiary/aromatic N) is 5. The van der Waals surface area contributed by atoms with Gasteiger partial charge in [-0.3, -0.25) is 24.4 Å². The van der Waals surface area contributed by atoms with E-state index in [4.69, 9.17) is 0 Å². The number of urea groups is 1. The highest BCUT2D eigenvalue weighted by atomic mass is 19.3. The maximum Gasteiger partial charge on any atom is 0.317 e. The molecule has 11 nitrogen and oxygen atoms in total. The van der Waals surface area contributed by atoms with Crippen LogP contribution in [-0.2, 0) is 36.0 Å². The molecule has 2 aromatic carbocycles. The molecule has 1 saturated heterocycles. The van der Waals surface area contributed by atoms with Crippen molar-refractivity contribution in [2.45, 2.75) is 51.1 Å². The molecule has 7 rings (SSSR count). The van der Waals surface area contributed by atoms with Crippen LogP contribution in [0.5, 0.6) is 0 Å². The average Bonchev–Trinajstić information content (AvgIpc) is 3.52. The standard InChI is InChI=1S/C35H35F2N7O4/c1-38-35(48)42-10-7-21-12-23(20-8-11-44(32(46)15-20)28-5-6-31(45)40-34(28)47)14-30(27(21)19-42)43-9-3-4-22-13-25(24-17-39-41(2)18-24)26(33(36)37)16-29(22)43/h8,11-18,28,33H,3-7,9-10,19H2,1-2H3,(H,38,48)(H,40,45,47). The highest BCUT2D eigenvalue weighted by Gasteiger charge is 2.31. The normalized spacial score (nSPS) is 17.6. The topological polar surface area (TPSA) is 122 Å². The minimum atomic E-state index is -2.71. The first-order chi connectivity index (χ1) is 23.1. The van der Waals surface area contributed by atoms with E-state index in [0.717, 1.165) is 34.4 Å². The smallest absolute Gasteiger partial charge is 0.317 e. The second-order valence-corrected chi connectivity index (χ2v) is 12.5. The monoisotopic (exact) mass is 655 g/mol. The van der Waals surface area contributed by atoms with Gasteiger partial charge in [0.1, 0.15) is 6.04 Å². The van der Waals surface area contributed by atoms with Gasteiger partial charge in [0.15, 0.2) is 0 Å². The summed E-state index contributed by atoms with van der Waals surface area (Å²) in [6.45, 7) is 1.41. The van der Waals surface area contributed by atoms with Crippen molar-refractivity contribution in [2.75, 3.05) is 25.0 Å². The molecule has 0 aliphatic carbocycles. The number of carbonyl (C=O) groups is 3. The van der Waals surface area contributed by atoms with Crippen molar-refractivity contribution in [3.05, 3.63) is 87.6 Å². The first kappa shape index (κ1) is 31.3. The van der Waals surface area contributed by atoms with Crippen LogP contribution in [0.3, 0.4) is 0 Å². The Morgan fingerprint density at radius 3 is 2.52 bits per heavy atom. The largest absolute Gasteiger partial charge is 0.341 e. The van der Waals surface area contributed by atoms with Gasteiger partial charge >= 0.3 is 6.03 Å². The number of carbonyl (C=O) groups excluding carboxylic acids is 3. The molecule has 2 aromatic heterocycles. The van der Waals surface area contributed by atoms with Gasteiger partial charge in [-0.05, 0) is 83.3 Å². The highest BCUT2D eigenvalue weighted by Crippen LogP contribution is 2.44. The predicted molar refractivity (Wildman–Crippen MR) is 175 cm³/mol. The third-order valence-corrected chi connectivity index (χ3v) is 9.56. The summed E-state index contributed by atoms with van der Waals surface area (Å²) >= 11 is 0. The second kappa shape index (κ2) is 12.4. The number of aromatic nitrogens is 3. The van der Waals surface area contributed by atoms with E-state index < -0.39 is 18.4 Å². The Hall–Kier alpha value is -5.33. The maximum absolute atomic E-state index is 14.6. The number of piperidine rings is 1. The van der Waals surface area contributed by atoms with Gasteiger partial charge in [0.05, 0.1) is 6.20 Å². The van der Waals surface area contributed by atoms with Crippen molar-refractivity contribution in [1.82, 2.24) is 29.9 Å². The van der Waals surface area contributed by atoms with Crippen LogP contribution < -0.4 is 21.1 Å². The van der Waals surface area contributed by atoms with Crippen molar-refractivity contribution in [1.29, 1.82) is 0 Å². The summed E-state index contributed by atoms with van der Waals surface area (Å²) in [5.41, 5.74) is 6.37. The van der Waals surface area contributed by atoms with Gasteiger partial charge in [0, 0.05) is 81.1 Å². The summed E-state index contributed by atoms with van der Waals surface area (Å²) < 4.78 is 32.2. The molecule has 48 heavy (non-hydrogen) atoms. The lowest BCUT2D eigenvalue weighted by Crippen LogP contribution is -2.44. The van der Waals surface area contributed by atoms with Crippen LogP contribution in [0.15, 0.2) is 59.8 Å². The number of halogens is 2. The van der Waals surface area contributed by atoms with Crippen molar-refractivity contribution in [3.8, 4) is 22.3 Å². The van der Waals surface area contributed by atoms with E-state index in [2.05, 4.69) is 20.6 Å². The maximum atomic E-state index is 14.6. The number of amides is 4. The number of nitrogens with one attached hydrogen (secondary N) is 2. The predicted octanol–water partition coefficient (Wildman–Crippen LogP) is 4.61. The highest BCUT2D eigenvalue weighted by molar-refractivity contribution is 5.99. The second-order valence-electron chi connectivity index (χ2n) is 12.5. The lowest BCUT2D eigenvalue weighted by Gasteiger charge is -2.37. The molecular weight excluding hydrogens is 620 g/mol. The zero-order valence-corrected chi connectivity index (χ0v) is 26.6. The minimum Gasteiger partial charge on any atom is -0.341 e. The molecule has 1 unspecified atom stereocenters. The molecule has 0 bridgehead atoms. The number of hydrogen-bond donors (Lipinski definition) is 2. The molecule has 1 atom stereocenters. The molecular formula is C35H35F2N7O4. The van der Waals surface area contributed by atoms with Crippen molar-refractivity contribution >= 4 is 29.2 Å². The fourth-order valence-corrected chi connectivity index (χ4v) is 7.15. The number of anilines is 2. The van der Waals surface area contributed by atoms with E-state index in [1.165, 1.54) is 10.6 Å². The summed E-state index contributed by atoms with van der Waals surface area (Å²) in [7, 11) is 3.34. The number of pyridine rings is 1. The molecule has 13 heteroatoms. The molecule has 0 spiro atoms. The molecule has 0 saturated carbocycles. The van der Waals surface area contributed by atoms with Crippen LogP contribution >= 0.6 is 0 Å². The van der Waals surface area contributed by atoms with E-state index >= 15 is 0 Å². The van der Waals surface area contributed by atoms with Gasteiger partial charge in [-0.15, -0.1) is 0 Å². The van der Waals surface area contributed by atoms with Gasteiger partial charge < -0.3 is 19.7 Å². The fourth-order valence-electron chi connectivity index (χ4n) is 7.15. The summed E-state index contributed by atoms with van der Waals surface area (Å²) in [5.74, 6) is -0.859. The molecule has 248 valence electrons. The Kier molecular flexibility index (Phi) is 8.06. The molecule has 3 aliphatic rings. The average molecular weight is 656 g/mol. The fraction of sp³-hybridized carbons (Fsp3) is 0.343. The van der Waals surface area contributed by atoms with Crippen LogP contribution in [0.2, 0.25) is 0 Å². The summed E-state index contributed by atoms with van der Waals surface area (Å²) in [6, 6.07) is 9.69. The van der Waals surface area contributed by atoms with Crippen molar-refractivity contribution in [2.24, 2.45) is 7.05 Å². The Morgan fingerprint density at radius 1 is 0.979 bits per heavy atom. The SMILES string of the molecule is CNC(=O)N1CCc2cc(-c3ccn(C4CCC(=O)NC4=O)c(=O)c3)cc(N3CCCc4cc(-c5cnn(C)c5)c(C(F)F)cc43)c2C1. The van der Waals surface area contributed by atoms with Crippen LogP contribution in [0.1, 0.15) is 54.0 Å². The Morgan fingerprint density at radius 2 is 1.81 bits per heavy atom. The summed E-state index contributed by atoms with van der Waals surface area (Å²) in [6.07, 6.45) is 4.65. The lowest BCUT2D eigenvalue weighted by molar-refractivity contribution is -0.135. The number of benzene rings is 2. The Balaban J connectivity index is 1.34. The molecule has 5 heterocycles. The lowest BCUT2D eigenvalue weighted by atomic mass is 9.89. The van der Waals surface area contributed by atoms with E-state index in [0.29, 0.717) is 54.9 Å². The molecule has 4 aromatic rings. The van der Waals surface area contributed by atoms with Crippen LogP contribution in [0, 0.1) is 0 Å². The van der Waals surface area contributed by atoms with Crippen molar-refractivity contribution in [3.63, 3.8) is 0 Å². The molecule has 1 fully saturated rings. The van der Waals surface area contributed by atoms with Gasteiger partial charge in [0.25, 0.3) is 12.0 Å². The molecule has 3 aliphatic heterocycles. The van der Waals surface area contributed by atoms with E-state index in [-0.39, 0.29) is 35.9 Å². The number of fused-ring (bicyclic) bond motifs is 2. The van der Waals surface area contributed by atoms with Gasteiger partial charge in [-0.2, -0.15) is 5.10 Å². The van der Waals surface area contributed by atoms with Gasteiger partial charge in [-0.1, -0.05) is 6.07 Å². The number of imide groups is 1. The number of aryl methyl sites for hydroxylation is 2. The number of hydrogen-bond acceptors (Lipinski definition) is 6. The van der Waals surface area contributed by atoms with Crippen LogP contribution in [0.4, 0.5) is 25.0 Å². The minimum absolute atomic E-state index is 0.0808. The van der Waals surface area contributed by atoms with E-state index in [9.17, 15) is 28.0 Å². The van der Waals surface area contributed by atoms with E-state index in [1.807, 2.05) is 18.2 Å². The number of alkyl halides is 2. The van der Waals surface area contributed by atoms with Gasteiger partial charge in [0.2, 0.25) is 11.8 Å². The van der Waals surface area contributed by atoms with Crippen LogP contribution in [-0.4, -0.2) is 57.2 Å². The summed E-state index contributed by atoms with van der Waals surface area (Å²) in [4.78, 5) is 54.0. The first-order valence-electron chi connectivity index (χ1n) is 16.0. The number of rotatable bonds is 5. The molecule has 0 radical (unpaired) electrons. The van der Waals surface area contributed by atoms with Gasteiger partial charge in [-0.25, -0.2) is 13.6 Å². The van der Waals surface area contributed by atoms with E-state index in [1.54, 1.807) is 54.4 Å². The zero-order valence-electron chi connectivity index (χ0n) is 26.6. The van der Waals surface area contributed by atoms with Crippen LogP contribution in [0.25, 0.3) is 22.3 Å². The third kappa shape index (κ3) is 5.62. The van der Waals surface area contributed by atoms with Crippen molar-refractivity contribution < 1.29 is 23.2 Å². The summed E-state index contributed by atoms with van der Waals surface area (Å²) in [5, 5.41) is 9.20. The molecule has 2 N–H and O–H groups in total. The molecule has 4 amide bonds. The zero-order chi connectivity index (χ0) is 33.7.